The van der Waals surface area contributed by atoms with Gasteiger partial charge in [0.05, 0.1) is 24.3 Å². The van der Waals surface area contributed by atoms with Crippen molar-refractivity contribution in [1.29, 1.82) is 0 Å². The zero-order valence-corrected chi connectivity index (χ0v) is 39.6. The highest BCUT2D eigenvalue weighted by molar-refractivity contribution is 7.85. The van der Waals surface area contributed by atoms with E-state index in [-0.39, 0.29) is 47.0 Å². The molecule has 0 unspecified atom stereocenters. The Kier molecular flexibility index (Phi) is 19.9. The number of amides is 8. The molecule has 25 heteroatoms. The molecule has 2 bridgehead atoms. The molecule has 0 spiro atoms. The second-order valence-electron chi connectivity index (χ2n) is 16.1. The Labute approximate surface area is 400 Å². The Hall–Kier alpha value is -7.25. The maximum absolute atomic E-state index is 14.0. The molecule has 0 aliphatic carbocycles. The normalized spacial score (nSPS) is 21.3. The number of carbonyl (C=O) groups is 9. The zero-order chi connectivity index (χ0) is 51.0. The third-order valence-corrected chi connectivity index (χ3v) is 12.3. The second kappa shape index (κ2) is 25.2. The molecule has 1 aliphatic rings. The maximum Gasteiger partial charge on any atom is 0.290 e. The molecule has 2 aromatic carbocycles. The number of fused-ring (bicyclic) bond motifs is 2. The van der Waals surface area contributed by atoms with E-state index in [9.17, 15) is 66.3 Å². The molecule has 2 heterocycles. The summed E-state index contributed by atoms with van der Waals surface area (Å²) in [5.41, 5.74) is 0.906. The fraction of sp³-hybridized carbons (Fsp3) is 0.409. The Balaban J connectivity index is 1.67. The molecule has 23 nitrogen and oxygen atoms in total. The number of ketones is 1. The average Bonchev–Trinajstić information content (AvgIpc) is 3.78. The van der Waals surface area contributed by atoms with E-state index in [0.717, 1.165) is 17.4 Å². The van der Waals surface area contributed by atoms with Crippen molar-refractivity contribution in [3.8, 4) is 11.5 Å². The number of hydrogen-bond acceptors (Lipinski definition) is 15. The number of hydrogen-bond donors (Lipinski definition) is 11. The lowest BCUT2D eigenvalue weighted by Crippen LogP contribution is -2.61. The molecule has 0 fully saturated rings. The van der Waals surface area contributed by atoms with E-state index in [0.29, 0.717) is 12.0 Å². The van der Waals surface area contributed by atoms with Crippen LogP contribution in [0.4, 0.5) is 0 Å². The van der Waals surface area contributed by atoms with Crippen molar-refractivity contribution in [3.63, 3.8) is 0 Å². The highest BCUT2D eigenvalue weighted by Crippen LogP contribution is 2.25. The SMILES string of the molecule is CCC[C@@H]1NC(=O)[C@@H](NC(=O)[C@H](C)NC(=O)CNC(=O)c2ccc(O)cc2)CNC(=O)[C@H](CS(=O)(=O)O)NC(=O)/C=C/c2csc(n2)[C@H](Cc2ccc(O)cc2)NC(=O)C(=O)[C@H]([C@@H](C)CC)NC1=O. The molecule has 11 N–H and O–H groups in total. The molecule has 0 saturated carbocycles. The third kappa shape index (κ3) is 17.1. The van der Waals surface area contributed by atoms with Crippen molar-refractivity contribution in [3.05, 3.63) is 81.8 Å². The van der Waals surface area contributed by atoms with Gasteiger partial charge in [0.1, 0.15) is 46.4 Å². The largest absolute Gasteiger partial charge is 0.508 e. The monoisotopic (exact) mass is 997 g/mol. The van der Waals surface area contributed by atoms with Gasteiger partial charge in [-0.3, -0.25) is 47.7 Å². The molecule has 0 radical (unpaired) electrons. The highest BCUT2D eigenvalue weighted by Gasteiger charge is 2.36. The highest BCUT2D eigenvalue weighted by atomic mass is 32.2. The van der Waals surface area contributed by atoms with Crippen LogP contribution in [0.5, 0.6) is 11.5 Å². The Bertz CT molecular complexity index is 2520. The van der Waals surface area contributed by atoms with Crippen LogP contribution in [0.25, 0.3) is 6.08 Å². The number of thiazole rings is 1. The van der Waals surface area contributed by atoms with Crippen LogP contribution in [0, 0.1) is 5.92 Å². The van der Waals surface area contributed by atoms with Gasteiger partial charge in [0, 0.05) is 23.6 Å². The number of phenols is 2. The molecule has 1 aliphatic heterocycles. The molecule has 0 saturated heterocycles. The summed E-state index contributed by atoms with van der Waals surface area (Å²) < 4.78 is 33.7. The van der Waals surface area contributed by atoms with Crippen molar-refractivity contribution in [2.75, 3.05) is 18.8 Å². The van der Waals surface area contributed by atoms with Gasteiger partial charge in [0.15, 0.2) is 0 Å². The first-order valence-electron chi connectivity index (χ1n) is 21.6. The van der Waals surface area contributed by atoms with Gasteiger partial charge < -0.3 is 52.7 Å². The minimum Gasteiger partial charge on any atom is -0.508 e. The minimum atomic E-state index is -4.95. The van der Waals surface area contributed by atoms with E-state index in [1.54, 1.807) is 32.9 Å². The lowest BCUT2D eigenvalue weighted by Gasteiger charge is -2.28. The van der Waals surface area contributed by atoms with Crippen LogP contribution >= 0.6 is 11.3 Å². The molecule has 372 valence electrons. The quantitative estimate of drug-likeness (QED) is 0.0701. The van der Waals surface area contributed by atoms with Crippen LogP contribution in [0.1, 0.15) is 79.6 Å². The lowest BCUT2D eigenvalue weighted by molar-refractivity contribution is -0.141. The van der Waals surface area contributed by atoms with Crippen LogP contribution in [-0.2, 0) is 54.9 Å². The van der Waals surface area contributed by atoms with Crippen LogP contribution < -0.4 is 42.5 Å². The number of aromatic nitrogens is 1. The number of nitrogens with one attached hydrogen (secondary N) is 8. The molecule has 3 aromatic rings. The van der Waals surface area contributed by atoms with Gasteiger partial charge in [-0.1, -0.05) is 45.7 Å². The van der Waals surface area contributed by atoms with Crippen LogP contribution in [-0.4, -0.2) is 130 Å². The number of carbonyl (C=O) groups excluding carboxylic acids is 9. The summed E-state index contributed by atoms with van der Waals surface area (Å²) in [5, 5.41) is 40.3. The number of nitrogens with zero attached hydrogens (tertiary/aromatic N) is 1. The van der Waals surface area contributed by atoms with Gasteiger partial charge in [0.25, 0.3) is 21.9 Å². The first-order chi connectivity index (χ1) is 32.6. The Morgan fingerprint density at radius 1 is 0.826 bits per heavy atom. The van der Waals surface area contributed by atoms with E-state index >= 15 is 0 Å². The molecule has 69 heavy (non-hydrogen) atoms. The van der Waals surface area contributed by atoms with E-state index in [4.69, 9.17) is 0 Å². The van der Waals surface area contributed by atoms with Crippen molar-refractivity contribution in [2.45, 2.75) is 89.6 Å². The first-order valence-corrected chi connectivity index (χ1v) is 24.1. The van der Waals surface area contributed by atoms with Crippen molar-refractivity contribution in [1.82, 2.24) is 47.5 Å². The summed E-state index contributed by atoms with van der Waals surface area (Å²) >= 11 is 1.05. The summed E-state index contributed by atoms with van der Waals surface area (Å²) in [6, 6.07) is 2.21. The summed E-state index contributed by atoms with van der Waals surface area (Å²) in [7, 11) is -4.95. The maximum atomic E-state index is 14.0. The molecule has 8 amide bonds. The van der Waals surface area contributed by atoms with Crippen LogP contribution in [0.15, 0.2) is 60.0 Å². The van der Waals surface area contributed by atoms with Gasteiger partial charge >= 0.3 is 0 Å². The first kappa shape index (κ1) is 54.4. The third-order valence-electron chi connectivity index (χ3n) is 10.6. The summed E-state index contributed by atoms with van der Waals surface area (Å²) in [6.07, 6.45) is 2.72. The molecular weight excluding hydrogens is 943 g/mol. The minimum absolute atomic E-state index is 0.0223. The van der Waals surface area contributed by atoms with E-state index in [2.05, 4.69) is 47.5 Å². The van der Waals surface area contributed by atoms with Crippen molar-refractivity contribution < 1.29 is 66.3 Å². The fourth-order valence-electron chi connectivity index (χ4n) is 6.60. The number of benzene rings is 2. The van der Waals surface area contributed by atoms with E-state index < -0.39 is 124 Å². The number of rotatable bonds is 14. The van der Waals surface area contributed by atoms with Gasteiger partial charge in [-0.25, -0.2) is 4.98 Å². The Morgan fingerprint density at radius 2 is 1.48 bits per heavy atom. The number of phenolic OH excluding ortho intramolecular Hbond substituents is 2. The predicted molar refractivity (Wildman–Crippen MR) is 248 cm³/mol. The van der Waals surface area contributed by atoms with Gasteiger partial charge in [-0.05, 0) is 73.7 Å². The van der Waals surface area contributed by atoms with E-state index in [1.165, 1.54) is 54.8 Å². The average molecular weight is 998 g/mol. The molecule has 1 aromatic heterocycles. The van der Waals surface area contributed by atoms with Crippen LogP contribution in [0.2, 0.25) is 0 Å². The smallest absolute Gasteiger partial charge is 0.290 e. The topological polar surface area (TPSA) is 358 Å². The molecule has 4 rings (SSSR count). The lowest BCUT2D eigenvalue weighted by atomic mass is 9.94. The molecule has 7 atom stereocenters. The van der Waals surface area contributed by atoms with Crippen LogP contribution in [0.3, 0.4) is 0 Å². The second-order valence-corrected chi connectivity index (χ2v) is 18.4. The zero-order valence-electron chi connectivity index (χ0n) is 37.9. The predicted octanol–water partition coefficient (Wildman–Crippen LogP) is -0.726. The van der Waals surface area contributed by atoms with Gasteiger partial charge in [-0.2, -0.15) is 8.42 Å². The summed E-state index contributed by atoms with van der Waals surface area (Å²) in [5.74, 6) is -11.0. The van der Waals surface area contributed by atoms with Gasteiger partial charge in [0.2, 0.25) is 41.2 Å². The van der Waals surface area contributed by atoms with E-state index in [1.807, 2.05) is 0 Å². The summed E-state index contributed by atoms with van der Waals surface area (Å²) in [4.78, 5) is 126. The summed E-state index contributed by atoms with van der Waals surface area (Å²) in [6.45, 7) is 4.84. The molecular formula is C44H55N9O14S2. The fourth-order valence-corrected chi connectivity index (χ4v) is 8.09. The van der Waals surface area contributed by atoms with Crippen molar-refractivity contribution >= 4 is 80.6 Å². The van der Waals surface area contributed by atoms with Crippen molar-refractivity contribution in [2.24, 2.45) is 5.92 Å². The van der Waals surface area contributed by atoms with Gasteiger partial charge in [-0.15, -0.1) is 11.3 Å². The number of Topliss-reactive ketones (excluding diaryl/α,β-unsaturated/α-hetero) is 1. The Morgan fingerprint density at radius 3 is 2.10 bits per heavy atom. The standard InChI is InChI=1S/C44H55N9O14S2/c1-5-7-30-41(62)53-36(23(3)6-2)37(58)43(64)51-31(18-25-8-13-28(54)14-9-25)44-48-27(21-68-44)12-17-34(56)49-33(22-69(65,66)67)40(61)45-19-32(42(63)50-30)52-38(59)24(4)47-35(57)20-46-39(60)26-10-15-29(55)16-11-26/h8-17,21,23-24,30-33,36,54-55H,5-7,18-20,22H2,1-4H3,(H,45,61)(H,46,60)(H,47,57)(H,49,56)(H,50,63)(H,51,64)(H,52,59)(H,53,62)(H,65,66,67)/b17-12+/t23-,24-,30-,31-,32-,33-,36-/m0/s1. The number of aromatic hydroxyl groups is 2.